The molecule has 98 valence electrons. The molecule has 0 saturated carbocycles. The molecular weight excluding hydrogens is 246 g/mol. The lowest BCUT2D eigenvalue weighted by Gasteiger charge is -2.20. The fourth-order valence-corrected chi connectivity index (χ4v) is 2.55. The van der Waals surface area contributed by atoms with Crippen LogP contribution in [0.25, 0.3) is 11.0 Å². The average Bonchev–Trinajstić information content (AvgIpc) is 3.05. The Hall–Kier alpha value is -2.37. The third kappa shape index (κ3) is 1.85. The summed E-state index contributed by atoms with van der Waals surface area (Å²) in [6, 6.07) is 2.85. The fourth-order valence-electron chi connectivity index (χ4n) is 2.55. The molecule has 0 aliphatic carbocycles. The molecule has 2 N–H and O–H groups in total. The van der Waals surface area contributed by atoms with Crippen LogP contribution in [0, 0.1) is 0 Å². The predicted octanol–water partition coefficient (Wildman–Crippen LogP) is 1.25. The number of aromatic nitrogens is 2. The number of rotatable bonds is 2. The lowest BCUT2D eigenvalue weighted by molar-refractivity contribution is -0.141. The van der Waals surface area contributed by atoms with Gasteiger partial charge in [0.1, 0.15) is 11.7 Å². The maximum absolute atomic E-state index is 12.5. The van der Waals surface area contributed by atoms with Gasteiger partial charge in [0, 0.05) is 24.3 Å². The van der Waals surface area contributed by atoms with E-state index in [0.717, 1.165) is 11.8 Å². The van der Waals surface area contributed by atoms with Crippen molar-refractivity contribution in [1.82, 2.24) is 14.9 Å². The number of hydrogen-bond donors (Lipinski definition) is 2. The minimum atomic E-state index is -0.941. The van der Waals surface area contributed by atoms with E-state index in [1.807, 2.05) is 0 Å². The topological polar surface area (TPSA) is 86.3 Å². The maximum Gasteiger partial charge on any atom is 0.326 e. The van der Waals surface area contributed by atoms with Gasteiger partial charge in [-0.25, -0.2) is 9.78 Å². The summed E-state index contributed by atoms with van der Waals surface area (Å²) in [5.74, 6) is -1.19. The third-order valence-electron chi connectivity index (χ3n) is 3.48. The van der Waals surface area contributed by atoms with E-state index in [4.69, 9.17) is 5.11 Å². The van der Waals surface area contributed by atoms with Gasteiger partial charge in [0.15, 0.2) is 0 Å². The minimum Gasteiger partial charge on any atom is -0.480 e. The molecule has 1 aliphatic rings. The first kappa shape index (κ1) is 11.7. The van der Waals surface area contributed by atoms with Gasteiger partial charge in [0.2, 0.25) is 0 Å². The molecule has 1 saturated heterocycles. The molecule has 1 aliphatic heterocycles. The number of likely N-dealkylation sites (tertiary alicyclic amines) is 1. The lowest BCUT2D eigenvalue weighted by Crippen LogP contribution is -2.40. The van der Waals surface area contributed by atoms with Crippen molar-refractivity contribution in [2.24, 2.45) is 0 Å². The van der Waals surface area contributed by atoms with E-state index in [9.17, 15) is 9.59 Å². The number of amides is 1. The van der Waals surface area contributed by atoms with Crippen LogP contribution >= 0.6 is 0 Å². The number of H-pyrrole nitrogens is 1. The van der Waals surface area contributed by atoms with Crippen molar-refractivity contribution in [2.45, 2.75) is 18.9 Å². The summed E-state index contributed by atoms with van der Waals surface area (Å²) < 4.78 is 0. The standard InChI is InChI=1S/C13H13N3O3/c17-12(16-6-2-4-10(16)13(18)19)9-7-15-11-8(9)3-1-5-14-11/h1,3,5,7,10H,2,4,6H2,(H,14,15)(H,18,19)/t10-/m0/s1. The highest BCUT2D eigenvalue weighted by atomic mass is 16.4. The number of carboxylic acid groups (broad SMARTS) is 1. The second kappa shape index (κ2) is 4.38. The average molecular weight is 259 g/mol. The Balaban J connectivity index is 1.98. The Bertz CT molecular complexity index is 649. The Labute approximate surface area is 109 Å². The van der Waals surface area contributed by atoms with Crippen LogP contribution in [0.3, 0.4) is 0 Å². The summed E-state index contributed by atoms with van der Waals surface area (Å²) in [6.07, 6.45) is 4.48. The fraction of sp³-hybridized carbons (Fsp3) is 0.308. The van der Waals surface area contributed by atoms with Crippen LogP contribution in [0.5, 0.6) is 0 Å². The second-order valence-electron chi connectivity index (χ2n) is 4.60. The highest BCUT2D eigenvalue weighted by Gasteiger charge is 2.35. The molecule has 0 unspecified atom stereocenters. The summed E-state index contributed by atoms with van der Waals surface area (Å²) >= 11 is 0. The Kier molecular flexibility index (Phi) is 2.70. The monoisotopic (exact) mass is 259 g/mol. The zero-order valence-electron chi connectivity index (χ0n) is 10.2. The van der Waals surface area contributed by atoms with E-state index in [1.165, 1.54) is 4.90 Å². The summed E-state index contributed by atoms with van der Waals surface area (Å²) in [6.45, 7) is 0.489. The number of hydrogen-bond acceptors (Lipinski definition) is 3. The number of carboxylic acids is 1. The summed E-state index contributed by atoms with van der Waals surface area (Å²) in [4.78, 5) is 32.1. The van der Waals surface area contributed by atoms with Crippen LogP contribution in [0.2, 0.25) is 0 Å². The van der Waals surface area contributed by atoms with E-state index in [0.29, 0.717) is 24.2 Å². The van der Waals surface area contributed by atoms with Gasteiger partial charge in [0.25, 0.3) is 5.91 Å². The summed E-state index contributed by atoms with van der Waals surface area (Å²) in [7, 11) is 0. The van der Waals surface area contributed by atoms with Gasteiger partial charge in [-0.1, -0.05) is 0 Å². The molecule has 2 aromatic rings. The number of carbonyl (C=O) groups excluding carboxylic acids is 1. The predicted molar refractivity (Wildman–Crippen MR) is 67.8 cm³/mol. The van der Waals surface area contributed by atoms with Crippen LogP contribution in [-0.2, 0) is 4.79 Å². The molecular formula is C13H13N3O3. The van der Waals surface area contributed by atoms with Gasteiger partial charge in [-0.2, -0.15) is 0 Å². The van der Waals surface area contributed by atoms with Gasteiger partial charge in [-0.3, -0.25) is 4.79 Å². The van der Waals surface area contributed by atoms with E-state index in [1.54, 1.807) is 24.5 Å². The molecule has 6 heteroatoms. The number of nitrogens with one attached hydrogen (secondary N) is 1. The summed E-state index contributed by atoms with van der Waals surface area (Å²) in [5, 5.41) is 9.85. The Morgan fingerprint density at radius 3 is 3.11 bits per heavy atom. The molecule has 0 spiro atoms. The lowest BCUT2D eigenvalue weighted by atomic mass is 10.1. The Morgan fingerprint density at radius 2 is 2.32 bits per heavy atom. The van der Waals surface area contributed by atoms with E-state index in [-0.39, 0.29) is 5.91 Å². The molecule has 0 bridgehead atoms. The largest absolute Gasteiger partial charge is 0.480 e. The first-order chi connectivity index (χ1) is 9.18. The normalized spacial score (nSPS) is 18.9. The molecule has 3 rings (SSSR count). The van der Waals surface area contributed by atoms with Gasteiger partial charge < -0.3 is 15.0 Å². The molecule has 0 radical (unpaired) electrons. The third-order valence-corrected chi connectivity index (χ3v) is 3.48. The van der Waals surface area contributed by atoms with Crippen LogP contribution < -0.4 is 0 Å². The highest BCUT2D eigenvalue weighted by molar-refractivity contribution is 6.07. The molecule has 2 aromatic heterocycles. The maximum atomic E-state index is 12.5. The number of aromatic amines is 1. The summed E-state index contributed by atoms with van der Waals surface area (Å²) in [5.41, 5.74) is 1.12. The smallest absolute Gasteiger partial charge is 0.326 e. The number of carbonyl (C=O) groups is 2. The van der Waals surface area contributed by atoms with Crippen molar-refractivity contribution in [3.63, 3.8) is 0 Å². The highest BCUT2D eigenvalue weighted by Crippen LogP contribution is 2.23. The van der Waals surface area contributed by atoms with Crippen molar-refractivity contribution in [3.05, 3.63) is 30.1 Å². The van der Waals surface area contributed by atoms with Gasteiger partial charge >= 0.3 is 5.97 Å². The number of aliphatic carboxylic acids is 1. The van der Waals surface area contributed by atoms with E-state index >= 15 is 0 Å². The van der Waals surface area contributed by atoms with Crippen molar-refractivity contribution in [1.29, 1.82) is 0 Å². The molecule has 1 fully saturated rings. The minimum absolute atomic E-state index is 0.246. The molecule has 19 heavy (non-hydrogen) atoms. The molecule has 3 heterocycles. The van der Waals surface area contributed by atoms with Crippen molar-refractivity contribution < 1.29 is 14.7 Å². The first-order valence-corrected chi connectivity index (χ1v) is 6.14. The van der Waals surface area contributed by atoms with Crippen LogP contribution in [0.15, 0.2) is 24.5 Å². The van der Waals surface area contributed by atoms with Gasteiger partial charge in [0.05, 0.1) is 5.56 Å². The van der Waals surface area contributed by atoms with Crippen molar-refractivity contribution >= 4 is 22.9 Å². The van der Waals surface area contributed by atoms with Gasteiger partial charge in [-0.15, -0.1) is 0 Å². The zero-order valence-corrected chi connectivity index (χ0v) is 10.2. The van der Waals surface area contributed by atoms with Crippen LogP contribution in [-0.4, -0.2) is 44.4 Å². The van der Waals surface area contributed by atoms with Crippen LogP contribution in [0.1, 0.15) is 23.2 Å². The SMILES string of the molecule is O=C(O)[C@@H]1CCCN1C(=O)c1c[nH]c2ncccc12. The number of fused-ring (bicyclic) bond motifs is 1. The van der Waals surface area contributed by atoms with E-state index in [2.05, 4.69) is 9.97 Å². The Morgan fingerprint density at radius 1 is 1.47 bits per heavy atom. The number of pyridine rings is 1. The second-order valence-corrected chi connectivity index (χ2v) is 4.60. The first-order valence-electron chi connectivity index (χ1n) is 6.14. The molecule has 6 nitrogen and oxygen atoms in total. The molecule has 1 amide bonds. The quantitative estimate of drug-likeness (QED) is 0.849. The molecule has 0 aromatic carbocycles. The zero-order chi connectivity index (χ0) is 13.4. The number of nitrogens with zero attached hydrogens (tertiary/aromatic N) is 2. The van der Waals surface area contributed by atoms with Crippen LogP contribution in [0.4, 0.5) is 0 Å². The van der Waals surface area contributed by atoms with Crippen molar-refractivity contribution in [2.75, 3.05) is 6.54 Å². The van der Waals surface area contributed by atoms with Crippen molar-refractivity contribution in [3.8, 4) is 0 Å². The molecule has 1 atom stereocenters. The van der Waals surface area contributed by atoms with E-state index < -0.39 is 12.0 Å². The van der Waals surface area contributed by atoms with Gasteiger partial charge in [-0.05, 0) is 25.0 Å².